The Hall–Kier alpha value is -3.56. The number of nitrogens with zero attached hydrogens (tertiary/aromatic N) is 3. The highest BCUT2D eigenvalue weighted by atomic mass is 16.3. The number of aryl methyl sites for hydroxylation is 1. The van der Waals surface area contributed by atoms with Gasteiger partial charge in [0, 0.05) is 38.3 Å². The second-order valence-corrected chi connectivity index (χ2v) is 9.78. The molecule has 1 atom stereocenters. The molecule has 4 amide bonds. The normalized spacial score (nSPS) is 15.5. The molecule has 12 heteroatoms. The topological polar surface area (TPSA) is 166 Å². The number of nitrogens with one attached hydrogen (secondary N) is 4. The smallest absolute Gasteiger partial charge is 0.246 e. The first-order chi connectivity index (χ1) is 18.1. The van der Waals surface area contributed by atoms with Crippen LogP contribution in [0.3, 0.4) is 0 Å². The summed E-state index contributed by atoms with van der Waals surface area (Å²) in [6, 6.07) is -0.833. The number of carbonyl (C=O) groups is 4. The number of unbranched alkanes of at least 4 members (excludes halogenated alkanes) is 1. The molecular formula is C26H39N7O5. The third kappa shape index (κ3) is 9.72. The summed E-state index contributed by atoms with van der Waals surface area (Å²) in [5.74, 6) is 4.67. The van der Waals surface area contributed by atoms with Crippen LogP contribution < -0.4 is 21.3 Å². The van der Waals surface area contributed by atoms with Crippen LogP contribution in [0.4, 0.5) is 0 Å². The Bertz CT molecular complexity index is 1020. The molecule has 38 heavy (non-hydrogen) atoms. The molecule has 0 radical (unpaired) electrons. The lowest BCUT2D eigenvalue weighted by Gasteiger charge is -2.41. The Morgan fingerprint density at radius 2 is 1.76 bits per heavy atom. The lowest BCUT2D eigenvalue weighted by molar-refractivity contribution is -0.138. The van der Waals surface area contributed by atoms with Crippen molar-refractivity contribution >= 4 is 23.6 Å². The molecule has 0 spiro atoms. The van der Waals surface area contributed by atoms with E-state index in [0.717, 1.165) is 0 Å². The van der Waals surface area contributed by atoms with Gasteiger partial charge < -0.3 is 31.3 Å². The number of rotatable bonds is 11. The SMILES string of the molecule is Cc1ncc(C#CCCCC(=O)N[C@H](C(=O)NC2(C(=O)NCC(=O)NCO)CCN(C)CC2)C(C)C)cn1. The highest BCUT2D eigenvalue weighted by molar-refractivity contribution is 5.96. The lowest BCUT2D eigenvalue weighted by Crippen LogP contribution is -2.66. The number of piperidine rings is 1. The highest BCUT2D eigenvalue weighted by Crippen LogP contribution is 2.23. The van der Waals surface area contributed by atoms with Gasteiger partial charge in [0.1, 0.15) is 24.1 Å². The van der Waals surface area contributed by atoms with E-state index >= 15 is 0 Å². The first kappa shape index (κ1) is 30.7. The predicted octanol–water partition coefficient (Wildman–Crippen LogP) is -0.790. The van der Waals surface area contributed by atoms with Crippen molar-refractivity contribution in [3.63, 3.8) is 0 Å². The number of likely N-dealkylation sites (tertiary alicyclic amines) is 1. The van der Waals surface area contributed by atoms with Crippen molar-refractivity contribution in [2.75, 3.05) is 33.4 Å². The Morgan fingerprint density at radius 3 is 2.37 bits per heavy atom. The summed E-state index contributed by atoms with van der Waals surface area (Å²) >= 11 is 0. The number of amides is 4. The Morgan fingerprint density at radius 1 is 1.11 bits per heavy atom. The average molecular weight is 530 g/mol. The van der Waals surface area contributed by atoms with E-state index in [1.165, 1.54) is 0 Å². The minimum atomic E-state index is -1.21. The first-order valence-electron chi connectivity index (χ1n) is 12.8. The standard InChI is InChI=1S/C26H39N7O5/c1-18(2)23(31-21(35)9-7-5-6-8-20-14-27-19(3)28-15-20)24(37)32-26(10-12-33(4)13-11-26)25(38)29-16-22(36)30-17-34/h14-15,18,23,34H,5,7,9-13,16-17H2,1-4H3,(H,29,38)(H,30,36)(H,31,35)(H,32,37)/t23-/m0/s1. The summed E-state index contributed by atoms with van der Waals surface area (Å²) in [5, 5.41) is 19.3. The summed E-state index contributed by atoms with van der Waals surface area (Å²) in [7, 11) is 1.93. The van der Waals surface area contributed by atoms with Crippen molar-refractivity contribution in [2.24, 2.45) is 5.92 Å². The van der Waals surface area contributed by atoms with Crippen LogP contribution in [0.15, 0.2) is 12.4 Å². The van der Waals surface area contributed by atoms with E-state index in [1.807, 2.05) is 25.8 Å². The Labute approximate surface area is 223 Å². The second kappa shape index (κ2) is 15.0. The van der Waals surface area contributed by atoms with Crippen LogP contribution in [-0.2, 0) is 19.2 Å². The number of carbonyl (C=O) groups excluding carboxylic acids is 4. The van der Waals surface area contributed by atoms with Crippen LogP contribution >= 0.6 is 0 Å². The fraction of sp³-hybridized carbons (Fsp3) is 0.615. The zero-order valence-corrected chi connectivity index (χ0v) is 22.6. The minimum absolute atomic E-state index is 0.200. The zero-order chi connectivity index (χ0) is 28.1. The van der Waals surface area contributed by atoms with E-state index < -0.39 is 36.0 Å². The predicted molar refractivity (Wildman–Crippen MR) is 140 cm³/mol. The summed E-state index contributed by atoms with van der Waals surface area (Å²) in [6.45, 7) is 5.72. The quantitative estimate of drug-likeness (QED) is 0.141. The van der Waals surface area contributed by atoms with Gasteiger partial charge in [0.25, 0.3) is 0 Å². The molecule has 2 rings (SSSR count). The second-order valence-electron chi connectivity index (χ2n) is 9.78. The molecule has 0 bridgehead atoms. The number of aliphatic hydroxyl groups excluding tert-OH is 1. The molecule has 1 aliphatic rings. The van der Waals surface area contributed by atoms with Gasteiger partial charge in [-0.05, 0) is 39.2 Å². The van der Waals surface area contributed by atoms with Gasteiger partial charge in [-0.2, -0.15) is 0 Å². The van der Waals surface area contributed by atoms with Gasteiger partial charge >= 0.3 is 0 Å². The van der Waals surface area contributed by atoms with Gasteiger partial charge in [-0.3, -0.25) is 19.2 Å². The molecule has 208 valence electrons. The molecule has 1 aromatic heterocycles. The maximum atomic E-state index is 13.3. The molecule has 1 aromatic rings. The van der Waals surface area contributed by atoms with E-state index in [-0.39, 0.29) is 24.8 Å². The summed E-state index contributed by atoms with van der Waals surface area (Å²) in [5.41, 5.74) is -0.506. The van der Waals surface area contributed by atoms with Gasteiger partial charge in [-0.25, -0.2) is 9.97 Å². The van der Waals surface area contributed by atoms with Crippen molar-refractivity contribution in [3.05, 3.63) is 23.8 Å². The summed E-state index contributed by atoms with van der Waals surface area (Å²) in [6.07, 6.45) is 5.22. The van der Waals surface area contributed by atoms with Crippen molar-refractivity contribution in [1.29, 1.82) is 0 Å². The molecule has 1 saturated heterocycles. The number of hydrogen-bond acceptors (Lipinski definition) is 8. The van der Waals surface area contributed by atoms with Crippen molar-refractivity contribution in [2.45, 2.75) is 64.5 Å². The van der Waals surface area contributed by atoms with E-state index in [2.05, 4.69) is 43.1 Å². The van der Waals surface area contributed by atoms with Gasteiger partial charge in [0.05, 0.1) is 12.1 Å². The van der Waals surface area contributed by atoms with Gasteiger partial charge in [-0.1, -0.05) is 25.7 Å². The maximum Gasteiger partial charge on any atom is 0.246 e. The molecule has 2 heterocycles. The van der Waals surface area contributed by atoms with Crippen molar-refractivity contribution < 1.29 is 24.3 Å². The van der Waals surface area contributed by atoms with Crippen LogP contribution in [0.2, 0.25) is 0 Å². The van der Waals surface area contributed by atoms with Gasteiger partial charge in [0.2, 0.25) is 23.6 Å². The van der Waals surface area contributed by atoms with Gasteiger partial charge in [0.15, 0.2) is 0 Å². The van der Waals surface area contributed by atoms with E-state index in [4.69, 9.17) is 5.11 Å². The third-order valence-corrected chi connectivity index (χ3v) is 6.31. The third-order valence-electron chi connectivity index (χ3n) is 6.31. The molecule has 0 aromatic carbocycles. The molecule has 0 aliphatic carbocycles. The fourth-order valence-corrected chi connectivity index (χ4v) is 3.94. The monoisotopic (exact) mass is 529 g/mol. The largest absolute Gasteiger partial charge is 0.376 e. The van der Waals surface area contributed by atoms with Crippen LogP contribution in [0.25, 0.3) is 0 Å². The van der Waals surface area contributed by atoms with Crippen LogP contribution in [0.1, 0.15) is 57.3 Å². The van der Waals surface area contributed by atoms with Crippen molar-refractivity contribution in [1.82, 2.24) is 36.1 Å². The van der Waals surface area contributed by atoms with E-state index in [1.54, 1.807) is 19.3 Å². The first-order valence-corrected chi connectivity index (χ1v) is 12.8. The maximum absolute atomic E-state index is 13.3. The van der Waals surface area contributed by atoms with Crippen LogP contribution in [-0.4, -0.2) is 88.6 Å². The lowest BCUT2D eigenvalue weighted by atomic mass is 9.85. The number of aromatic nitrogens is 2. The summed E-state index contributed by atoms with van der Waals surface area (Å²) in [4.78, 5) is 61.0. The highest BCUT2D eigenvalue weighted by Gasteiger charge is 2.43. The minimum Gasteiger partial charge on any atom is -0.376 e. The van der Waals surface area contributed by atoms with Gasteiger partial charge in [-0.15, -0.1) is 0 Å². The molecule has 1 aliphatic heterocycles. The summed E-state index contributed by atoms with van der Waals surface area (Å²) < 4.78 is 0. The molecule has 5 N–H and O–H groups in total. The molecular weight excluding hydrogens is 490 g/mol. The number of aliphatic hydroxyl groups is 1. The van der Waals surface area contributed by atoms with Crippen LogP contribution in [0.5, 0.6) is 0 Å². The van der Waals surface area contributed by atoms with E-state index in [9.17, 15) is 19.2 Å². The fourth-order valence-electron chi connectivity index (χ4n) is 3.94. The molecule has 12 nitrogen and oxygen atoms in total. The van der Waals surface area contributed by atoms with Crippen LogP contribution in [0, 0.1) is 24.7 Å². The Balaban J connectivity index is 1.96. The molecule has 0 saturated carbocycles. The zero-order valence-electron chi connectivity index (χ0n) is 22.6. The van der Waals surface area contributed by atoms with Crippen molar-refractivity contribution in [3.8, 4) is 11.8 Å². The van der Waals surface area contributed by atoms with E-state index in [0.29, 0.717) is 50.2 Å². The Kier molecular flexibility index (Phi) is 12.1. The number of hydrogen-bond donors (Lipinski definition) is 5. The molecule has 0 unspecified atom stereocenters. The average Bonchev–Trinajstić information content (AvgIpc) is 2.88. The molecule has 1 fully saturated rings.